The molecular formula is C5H13OPS. The van der Waals surface area contributed by atoms with Gasteiger partial charge < -0.3 is 4.57 Å². The van der Waals surface area contributed by atoms with Gasteiger partial charge >= 0.3 is 0 Å². The van der Waals surface area contributed by atoms with Crippen molar-refractivity contribution in [1.29, 1.82) is 0 Å². The van der Waals surface area contributed by atoms with Crippen LogP contribution in [0.25, 0.3) is 0 Å². The Kier molecular flexibility index (Phi) is 8.13. The Morgan fingerprint density at radius 3 is 2.75 bits per heavy atom. The molecule has 0 aromatic rings. The molecule has 0 aromatic heterocycles. The number of unbranched alkanes of at least 4 members (excludes halogenated alkanes) is 2. The van der Waals surface area contributed by atoms with E-state index >= 15 is 0 Å². The molecule has 0 radical (unpaired) electrons. The predicted octanol–water partition coefficient (Wildman–Crippen LogP) is 2.58. The monoisotopic (exact) mass is 152 g/mol. The van der Waals surface area contributed by atoms with Gasteiger partial charge in [0.15, 0.2) is 0 Å². The number of hydrogen-bond donors (Lipinski definition) is 0. The fourth-order valence-corrected chi connectivity index (χ4v) is 1.74. The van der Waals surface area contributed by atoms with Crippen molar-refractivity contribution in [2.45, 2.75) is 26.2 Å². The van der Waals surface area contributed by atoms with Crippen LogP contribution < -0.4 is 0 Å². The first-order chi connectivity index (χ1) is 3.91. The van der Waals surface area contributed by atoms with Gasteiger partial charge in [-0.15, -0.1) is 11.4 Å². The summed E-state index contributed by atoms with van der Waals surface area (Å²) in [5.74, 6) is 1.09. The van der Waals surface area contributed by atoms with Crippen molar-refractivity contribution in [2.24, 2.45) is 0 Å². The Hall–Kier alpha value is 0.580. The van der Waals surface area contributed by atoms with E-state index in [0.29, 0.717) is 0 Å². The molecule has 1 atom stereocenters. The summed E-state index contributed by atoms with van der Waals surface area (Å²) in [6.07, 6.45) is 3.78. The summed E-state index contributed by atoms with van der Waals surface area (Å²) >= 11 is 1.58. The minimum absolute atomic E-state index is 0.556. The smallest absolute Gasteiger partial charge is 0.116 e. The van der Waals surface area contributed by atoms with Crippen LogP contribution in [-0.4, -0.2) is 5.75 Å². The van der Waals surface area contributed by atoms with E-state index < -0.39 is 7.66 Å². The maximum Gasteiger partial charge on any atom is 0.116 e. The molecule has 50 valence electrons. The molecule has 0 bridgehead atoms. The third-order valence-electron chi connectivity index (χ3n) is 0.934. The molecule has 0 N–H and O–H groups in total. The topological polar surface area (TPSA) is 17.1 Å². The highest BCUT2D eigenvalue weighted by Crippen LogP contribution is 2.18. The summed E-state index contributed by atoms with van der Waals surface area (Å²) < 4.78 is 9.94. The molecule has 0 fully saturated rings. The van der Waals surface area contributed by atoms with Gasteiger partial charge in [0.2, 0.25) is 0 Å². The zero-order valence-electron chi connectivity index (χ0n) is 5.22. The molecule has 1 unspecified atom stereocenters. The van der Waals surface area contributed by atoms with Crippen molar-refractivity contribution in [3.05, 3.63) is 0 Å². The lowest BCUT2D eigenvalue weighted by atomic mass is 10.3. The van der Waals surface area contributed by atoms with E-state index in [1.807, 2.05) is 0 Å². The molecule has 0 heterocycles. The van der Waals surface area contributed by atoms with Crippen LogP contribution in [0.5, 0.6) is 0 Å². The molecule has 8 heavy (non-hydrogen) atoms. The van der Waals surface area contributed by atoms with Crippen LogP contribution >= 0.6 is 19.0 Å². The van der Waals surface area contributed by atoms with Crippen molar-refractivity contribution < 1.29 is 4.57 Å². The molecule has 0 aromatic carbocycles. The van der Waals surface area contributed by atoms with Crippen LogP contribution in [0.4, 0.5) is 0 Å². The van der Waals surface area contributed by atoms with Gasteiger partial charge in [0.05, 0.1) is 0 Å². The maximum atomic E-state index is 9.94. The first-order valence-electron chi connectivity index (χ1n) is 2.97. The van der Waals surface area contributed by atoms with Gasteiger partial charge in [-0.2, -0.15) is 0 Å². The van der Waals surface area contributed by atoms with Gasteiger partial charge in [-0.05, 0) is 12.2 Å². The summed E-state index contributed by atoms with van der Waals surface area (Å²) in [7, 11) is -0.556. The molecule has 0 spiro atoms. The zero-order valence-corrected chi connectivity index (χ0v) is 7.19. The second kappa shape index (κ2) is 7.58. The quantitative estimate of drug-likeness (QED) is 0.445. The van der Waals surface area contributed by atoms with Gasteiger partial charge in [-0.25, -0.2) is 0 Å². The van der Waals surface area contributed by atoms with Crippen LogP contribution in [0.15, 0.2) is 0 Å². The van der Waals surface area contributed by atoms with E-state index in [9.17, 15) is 4.57 Å². The van der Waals surface area contributed by atoms with Crippen LogP contribution in [-0.2, 0) is 4.57 Å². The minimum atomic E-state index is -0.556. The summed E-state index contributed by atoms with van der Waals surface area (Å²) in [6.45, 7) is 2.18. The summed E-state index contributed by atoms with van der Waals surface area (Å²) in [6, 6.07) is 0. The average Bonchev–Trinajstić information content (AvgIpc) is 1.81. The number of hydrogen-bond acceptors (Lipinski definition) is 2. The lowest BCUT2D eigenvalue weighted by molar-refractivity contribution is 0.605. The maximum absolute atomic E-state index is 9.94. The highest BCUT2D eigenvalue weighted by atomic mass is 32.7. The van der Waals surface area contributed by atoms with Crippen molar-refractivity contribution in [1.82, 2.24) is 0 Å². The molecule has 3 heteroatoms. The van der Waals surface area contributed by atoms with E-state index in [1.165, 1.54) is 19.3 Å². The fraction of sp³-hybridized carbons (Fsp3) is 1.00. The first-order valence-corrected chi connectivity index (χ1v) is 5.90. The molecule has 0 rings (SSSR count). The Morgan fingerprint density at radius 1 is 1.50 bits per heavy atom. The summed E-state index contributed by atoms with van der Waals surface area (Å²) in [5.41, 5.74) is 0. The molecular weight excluding hydrogens is 139 g/mol. The summed E-state index contributed by atoms with van der Waals surface area (Å²) in [4.78, 5) is 0. The Balaban J connectivity index is 2.62. The fourth-order valence-electron chi connectivity index (χ4n) is 0.484. The lowest BCUT2D eigenvalue weighted by Gasteiger charge is -1.90. The van der Waals surface area contributed by atoms with E-state index in [2.05, 4.69) is 6.92 Å². The van der Waals surface area contributed by atoms with E-state index in [4.69, 9.17) is 0 Å². The lowest BCUT2D eigenvalue weighted by Crippen LogP contribution is -1.73. The normalized spacial score (nSPS) is 11.1. The standard InChI is InChI=1S/C5H13OPS/c1-2-3-4-5-8-7-6/h2-5,7H2,1H3. The second-order valence-electron chi connectivity index (χ2n) is 1.67. The molecule has 0 saturated carbocycles. The predicted molar refractivity (Wildman–Crippen MR) is 42.4 cm³/mol. The van der Waals surface area contributed by atoms with Gasteiger partial charge in [-0.3, -0.25) is 0 Å². The SMILES string of the molecule is CCCCCS[PH2]=O. The molecule has 0 aliphatic carbocycles. The van der Waals surface area contributed by atoms with Crippen molar-refractivity contribution in [3.63, 3.8) is 0 Å². The average molecular weight is 152 g/mol. The third-order valence-corrected chi connectivity index (χ3v) is 2.71. The van der Waals surface area contributed by atoms with Crippen LogP contribution in [0.2, 0.25) is 0 Å². The van der Waals surface area contributed by atoms with Crippen LogP contribution in [0.3, 0.4) is 0 Å². The van der Waals surface area contributed by atoms with Crippen LogP contribution in [0, 0.1) is 0 Å². The van der Waals surface area contributed by atoms with E-state index in [0.717, 1.165) is 5.75 Å². The number of rotatable bonds is 5. The molecule has 0 aliphatic rings. The first kappa shape index (κ1) is 8.58. The van der Waals surface area contributed by atoms with Crippen LogP contribution in [0.1, 0.15) is 26.2 Å². The van der Waals surface area contributed by atoms with Crippen molar-refractivity contribution in [3.8, 4) is 0 Å². The molecule has 1 nitrogen and oxygen atoms in total. The van der Waals surface area contributed by atoms with E-state index in [-0.39, 0.29) is 0 Å². The molecule has 0 aliphatic heterocycles. The van der Waals surface area contributed by atoms with Gasteiger partial charge in [-0.1, -0.05) is 19.8 Å². The van der Waals surface area contributed by atoms with Gasteiger partial charge in [0.1, 0.15) is 7.66 Å². The largest absolute Gasteiger partial charge is 0.319 e. The molecule has 0 saturated heterocycles. The Bertz CT molecular complexity index is 58.4. The van der Waals surface area contributed by atoms with Crippen molar-refractivity contribution in [2.75, 3.05) is 5.75 Å². The summed E-state index contributed by atoms with van der Waals surface area (Å²) in [5, 5.41) is 0. The van der Waals surface area contributed by atoms with Gasteiger partial charge in [0, 0.05) is 0 Å². The highest BCUT2D eigenvalue weighted by Gasteiger charge is 1.83. The second-order valence-corrected chi connectivity index (χ2v) is 4.19. The Labute approximate surface area is 56.2 Å². The highest BCUT2D eigenvalue weighted by molar-refractivity contribution is 8.45. The van der Waals surface area contributed by atoms with Crippen molar-refractivity contribution >= 4 is 19.0 Å². The van der Waals surface area contributed by atoms with E-state index in [1.54, 1.807) is 11.4 Å². The zero-order chi connectivity index (χ0) is 6.24. The molecule has 0 amide bonds. The Morgan fingerprint density at radius 2 is 2.25 bits per heavy atom. The third kappa shape index (κ3) is 6.58. The van der Waals surface area contributed by atoms with Gasteiger partial charge in [0.25, 0.3) is 0 Å². The minimum Gasteiger partial charge on any atom is -0.319 e.